The van der Waals surface area contributed by atoms with Crippen molar-refractivity contribution >= 4 is 11.9 Å². The maximum Gasteiger partial charge on any atom is 0.315 e. The minimum Gasteiger partial charge on any atom is -0.338 e. The Labute approximate surface area is 149 Å². The number of carbonyl (C=O) groups excluding carboxylic acids is 2. The number of pyridine rings is 1. The van der Waals surface area contributed by atoms with E-state index in [1.54, 1.807) is 12.3 Å². The summed E-state index contributed by atoms with van der Waals surface area (Å²) >= 11 is 0. The Morgan fingerprint density at radius 3 is 2.32 bits per heavy atom. The fourth-order valence-corrected chi connectivity index (χ4v) is 3.77. The molecule has 6 nitrogen and oxygen atoms in total. The lowest BCUT2D eigenvalue weighted by molar-refractivity contribution is 0.0707. The van der Waals surface area contributed by atoms with Gasteiger partial charge in [0, 0.05) is 37.1 Å². The van der Waals surface area contributed by atoms with Crippen LogP contribution in [0.25, 0.3) is 0 Å². The second kappa shape index (κ2) is 8.32. The van der Waals surface area contributed by atoms with Gasteiger partial charge in [-0.2, -0.15) is 0 Å². The molecule has 2 N–H and O–H groups in total. The number of hydrogen-bond donors (Lipinski definition) is 2. The first-order valence-corrected chi connectivity index (χ1v) is 9.41. The summed E-state index contributed by atoms with van der Waals surface area (Å²) in [5.74, 6) is 0.0377. The largest absolute Gasteiger partial charge is 0.338 e. The standard InChI is InChI=1S/C19H28N4O2/c1-14-17(8-5-11-20-14)18(24)23-12-9-16(10-13-23)22-19(25)21-15-6-3-2-4-7-15/h5,8,11,15-16H,2-4,6-7,9-10,12-13H2,1H3,(H2,21,22,25). The zero-order valence-corrected chi connectivity index (χ0v) is 15.0. The highest BCUT2D eigenvalue weighted by atomic mass is 16.2. The molecule has 136 valence electrons. The number of urea groups is 1. The fraction of sp³-hybridized carbons (Fsp3) is 0.632. The molecule has 2 aliphatic rings. The smallest absolute Gasteiger partial charge is 0.315 e. The van der Waals surface area contributed by atoms with E-state index in [1.165, 1.54) is 19.3 Å². The van der Waals surface area contributed by atoms with E-state index >= 15 is 0 Å². The average Bonchev–Trinajstić information content (AvgIpc) is 2.63. The Balaban J connectivity index is 1.44. The first kappa shape index (κ1) is 17.7. The SMILES string of the molecule is Cc1ncccc1C(=O)N1CCC(NC(=O)NC2CCCCC2)CC1. The van der Waals surface area contributed by atoms with Crippen molar-refractivity contribution in [3.8, 4) is 0 Å². The number of likely N-dealkylation sites (tertiary alicyclic amines) is 1. The molecule has 1 aliphatic heterocycles. The van der Waals surface area contributed by atoms with Crippen molar-refractivity contribution in [1.82, 2.24) is 20.5 Å². The molecule has 1 aromatic heterocycles. The molecule has 25 heavy (non-hydrogen) atoms. The van der Waals surface area contributed by atoms with Crippen LogP contribution in [0.3, 0.4) is 0 Å². The van der Waals surface area contributed by atoms with Gasteiger partial charge >= 0.3 is 6.03 Å². The zero-order chi connectivity index (χ0) is 17.6. The van der Waals surface area contributed by atoms with Gasteiger partial charge in [-0.1, -0.05) is 19.3 Å². The molecule has 0 radical (unpaired) electrons. The molecule has 0 atom stereocenters. The van der Waals surface area contributed by atoms with Crippen molar-refractivity contribution in [1.29, 1.82) is 0 Å². The molecular weight excluding hydrogens is 316 g/mol. The number of aryl methyl sites for hydroxylation is 1. The van der Waals surface area contributed by atoms with Gasteiger partial charge in [-0.15, -0.1) is 0 Å². The van der Waals surface area contributed by atoms with Crippen molar-refractivity contribution in [2.75, 3.05) is 13.1 Å². The zero-order valence-electron chi connectivity index (χ0n) is 15.0. The van der Waals surface area contributed by atoms with Crippen LogP contribution in [-0.2, 0) is 0 Å². The third-order valence-corrected chi connectivity index (χ3v) is 5.30. The van der Waals surface area contributed by atoms with Gasteiger partial charge in [-0.25, -0.2) is 4.79 Å². The molecule has 3 amide bonds. The predicted molar refractivity (Wildman–Crippen MR) is 96.4 cm³/mol. The monoisotopic (exact) mass is 344 g/mol. The number of piperidine rings is 1. The van der Waals surface area contributed by atoms with Crippen LogP contribution in [0.1, 0.15) is 61.0 Å². The van der Waals surface area contributed by atoms with Crippen LogP contribution in [0.4, 0.5) is 4.79 Å². The molecule has 0 spiro atoms. The lowest BCUT2D eigenvalue weighted by Gasteiger charge is -2.33. The second-order valence-electron chi connectivity index (χ2n) is 7.16. The van der Waals surface area contributed by atoms with Gasteiger partial charge in [0.1, 0.15) is 0 Å². The molecule has 0 aromatic carbocycles. The van der Waals surface area contributed by atoms with Gasteiger partial charge in [0.05, 0.1) is 5.56 Å². The van der Waals surface area contributed by atoms with E-state index in [1.807, 2.05) is 17.9 Å². The van der Waals surface area contributed by atoms with Crippen molar-refractivity contribution < 1.29 is 9.59 Å². The maximum absolute atomic E-state index is 12.6. The van der Waals surface area contributed by atoms with Gasteiger partial charge in [-0.05, 0) is 44.7 Å². The molecule has 1 saturated carbocycles. The molecule has 0 unspecified atom stereocenters. The topological polar surface area (TPSA) is 74.3 Å². The molecule has 6 heteroatoms. The molecule has 1 aliphatic carbocycles. The van der Waals surface area contributed by atoms with Crippen LogP contribution in [0, 0.1) is 6.92 Å². The van der Waals surface area contributed by atoms with E-state index in [9.17, 15) is 9.59 Å². The summed E-state index contributed by atoms with van der Waals surface area (Å²) in [6, 6.07) is 4.03. The van der Waals surface area contributed by atoms with Gasteiger partial charge in [0.25, 0.3) is 5.91 Å². The molecule has 0 bridgehead atoms. The van der Waals surface area contributed by atoms with Gasteiger partial charge in [0.15, 0.2) is 0 Å². The van der Waals surface area contributed by atoms with Crippen LogP contribution >= 0.6 is 0 Å². The van der Waals surface area contributed by atoms with Gasteiger partial charge in [0.2, 0.25) is 0 Å². The third kappa shape index (κ3) is 4.71. The number of aromatic nitrogens is 1. The highest BCUT2D eigenvalue weighted by Gasteiger charge is 2.26. The summed E-state index contributed by atoms with van der Waals surface area (Å²) in [5, 5.41) is 6.17. The van der Waals surface area contributed by atoms with E-state index in [-0.39, 0.29) is 18.0 Å². The average molecular weight is 344 g/mol. The Morgan fingerprint density at radius 2 is 1.68 bits per heavy atom. The van der Waals surface area contributed by atoms with Crippen LogP contribution in [0.15, 0.2) is 18.3 Å². The first-order chi connectivity index (χ1) is 12.1. The van der Waals surface area contributed by atoms with Crippen molar-refractivity contribution in [2.45, 2.75) is 64.0 Å². The van der Waals surface area contributed by atoms with E-state index in [0.29, 0.717) is 24.7 Å². The predicted octanol–water partition coefficient (Wildman–Crippen LogP) is 2.63. The Hall–Kier alpha value is -2.11. The van der Waals surface area contributed by atoms with E-state index < -0.39 is 0 Å². The quantitative estimate of drug-likeness (QED) is 0.885. The summed E-state index contributed by atoms with van der Waals surface area (Å²) in [7, 11) is 0. The number of nitrogens with zero attached hydrogens (tertiary/aromatic N) is 2. The lowest BCUT2D eigenvalue weighted by atomic mass is 9.96. The van der Waals surface area contributed by atoms with Crippen LogP contribution in [0.2, 0.25) is 0 Å². The Bertz CT molecular complexity index is 605. The fourth-order valence-electron chi connectivity index (χ4n) is 3.77. The Morgan fingerprint density at radius 1 is 1.04 bits per heavy atom. The van der Waals surface area contributed by atoms with Gasteiger partial charge < -0.3 is 15.5 Å². The van der Waals surface area contributed by atoms with E-state index in [4.69, 9.17) is 0 Å². The molecule has 1 aromatic rings. The van der Waals surface area contributed by atoms with Gasteiger partial charge in [-0.3, -0.25) is 9.78 Å². The van der Waals surface area contributed by atoms with E-state index in [2.05, 4.69) is 15.6 Å². The first-order valence-electron chi connectivity index (χ1n) is 9.41. The second-order valence-corrected chi connectivity index (χ2v) is 7.16. The summed E-state index contributed by atoms with van der Waals surface area (Å²) < 4.78 is 0. The highest BCUT2D eigenvalue weighted by molar-refractivity contribution is 5.95. The number of amides is 3. The van der Waals surface area contributed by atoms with E-state index in [0.717, 1.165) is 31.4 Å². The van der Waals surface area contributed by atoms with Crippen molar-refractivity contribution in [3.63, 3.8) is 0 Å². The number of rotatable bonds is 3. The Kier molecular flexibility index (Phi) is 5.89. The normalized spacial score (nSPS) is 19.5. The number of carbonyl (C=O) groups is 2. The van der Waals surface area contributed by atoms with Crippen molar-refractivity contribution in [3.05, 3.63) is 29.6 Å². The summed E-state index contributed by atoms with van der Waals surface area (Å²) in [5.41, 5.74) is 1.43. The molecule has 3 rings (SSSR count). The maximum atomic E-state index is 12.6. The number of hydrogen-bond acceptors (Lipinski definition) is 3. The molecule has 1 saturated heterocycles. The van der Waals surface area contributed by atoms with Crippen LogP contribution < -0.4 is 10.6 Å². The highest BCUT2D eigenvalue weighted by Crippen LogP contribution is 2.18. The minimum atomic E-state index is -0.0558. The summed E-state index contributed by atoms with van der Waals surface area (Å²) in [4.78, 5) is 30.8. The third-order valence-electron chi connectivity index (χ3n) is 5.30. The molecular formula is C19H28N4O2. The molecule has 2 fully saturated rings. The number of nitrogens with one attached hydrogen (secondary N) is 2. The minimum absolute atomic E-state index is 0.0377. The van der Waals surface area contributed by atoms with Crippen LogP contribution in [0.5, 0.6) is 0 Å². The lowest BCUT2D eigenvalue weighted by Crippen LogP contribution is -2.51. The molecule has 2 heterocycles. The van der Waals surface area contributed by atoms with Crippen molar-refractivity contribution in [2.24, 2.45) is 0 Å². The summed E-state index contributed by atoms with van der Waals surface area (Å²) in [6.07, 6.45) is 9.16. The van der Waals surface area contributed by atoms with Crippen LogP contribution in [-0.4, -0.2) is 47.0 Å². The summed E-state index contributed by atoms with van der Waals surface area (Å²) in [6.45, 7) is 3.19.